The van der Waals surface area contributed by atoms with Gasteiger partial charge in [-0.25, -0.2) is 4.79 Å². The van der Waals surface area contributed by atoms with Crippen molar-refractivity contribution in [3.63, 3.8) is 0 Å². The Bertz CT molecular complexity index is 813. The van der Waals surface area contributed by atoms with Crippen LogP contribution < -0.4 is 4.74 Å². The van der Waals surface area contributed by atoms with Gasteiger partial charge in [0.25, 0.3) is 0 Å². The van der Waals surface area contributed by atoms with Crippen LogP contribution in [0.15, 0.2) is 54.6 Å². The summed E-state index contributed by atoms with van der Waals surface area (Å²) in [6, 6.07) is 16.6. The molecule has 0 saturated heterocycles. The molecule has 2 aliphatic rings. The van der Waals surface area contributed by atoms with E-state index in [-0.39, 0.29) is 6.10 Å². The summed E-state index contributed by atoms with van der Waals surface area (Å²) < 4.78 is 6.28. The zero-order chi connectivity index (χ0) is 17.2. The molecule has 1 amide bonds. The van der Waals surface area contributed by atoms with Crippen LogP contribution in [-0.2, 0) is 6.42 Å². The molecule has 2 aromatic carbocycles. The Balaban J connectivity index is 1.59. The molecule has 0 bridgehead atoms. The molecule has 25 heavy (non-hydrogen) atoms. The summed E-state index contributed by atoms with van der Waals surface area (Å²) in [6.45, 7) is 1.01. The van der Waals surface area contributed by atoms with Crippen molar-refractivity contribution in [2.24, 2.45) is 0 Å². The normalized spacial score (nSPS) is 19.6. The third kappa shape index (κ3) is 3.12. The fourth-order valence-electron chi connectivity index (χ4n) is 3.71. The summed E-state index contributed by atoms with van der Waals surface area (Å²) in [7, 11) is 0. The quantitative estimate of drug-likeness (QED) is 0.878. The van der Waals surface area contributed by atoms with Crippen LogP contribution >= 0.6 is 0 Å². The average Bonchev–Trinajstić information content (AvgIpc) is 2.68. The second kappa shape index (κ2) is 6.63. The SMILES string of the molecule is O=C(O)N1CC=C(c2cccc3c2CCC(c2ccccc2)O3)CC1. The molecule has 0 radical (unpaired) electrons. The minimum absolute atomic E-state index is 0.104. The first-order chi connectivity index (χ1) is 12.2. The van der Waals surface area contributed by atoms with Crippen molar-refractivity contribution in [2.75, 3.05) is 13.1 Å². The highest BCUT2D eigenvalue weighted by Gasteiger charge is 2.25. The Morgan fingerprint density at radius 1 is 1.08 bits per heavy atom. The van der Waals surface area contributed by atoms with Crippen LogP contribution in [0.2, 0.25) is 0 Å². The van der Waals surface area contributed by atoms with Crippen LogP contribution in [0.25, 0.3) is 5.57 Å². The lowest BCUT2D eigenvalue weighted by Gasteiger charge is -2.30. The van der Waals surface area contributed by atoms with Crippen molar-refractivity contribution in [3.05, 3.63) is 71.3 Å². The van der Waals surface area contributed by atoms with E-state index in [1.165, 1.54) is 27.2 Å². The number of hydrogen-bond acceptors (Lipinski definition) is 2. The van der Waals surface area contributed by atoms with Crippen LogP contribution in [0, 0.1) is 0 Å². The third-order valence-corrected chi connectivity index (χ3v) is 5.06. The van der Waals surface area contributed by atoms with Gasteiger partial charge in [0.15, 0.2) is 0 Å². The topological polar surface area (TPSA) is 49.8 Å². The fraction of sp³-hybridized carbons (Fsp3) is 0.286. The summed E-state index contributed by atoms with van der Waals surface area (Å²) in [5, 5.41) is 9.10. The fourth-order valence-corrected chi connectivity index (χ4v) is 3.71. The predicted octanol–water partition coefficient (Wildman–Crippen LogP) is 4.52. The molecule has 1 N–H and O–H groups in total. The Morgan fingerprint density at radius 2 is 1.92 bits per heavy atom. The molecule has 4 rings (SSSR count). The number of rotatable bonds is 2. The summed E-state index contributed by atoms with van der Waals surface area (Å²) in [5.74, 6) is 0.958. The standard InChI is InChI=1S/C21H21NO3/c23-21(24)22-13-11-15(12-14-22)17-7-4-8-20-18(17)9-10-19(25-20)16-5-2-1-3-6-16/h1-8,11,19H,9-10,12-14H2,(H,23,24). The minimum atomic E-state index is -0.848. The molecule has 0 saturated carbocycles. The Labute approximate surface area is 147 Å². The maximum atomic E-state index is 11.1. The first-order valence-corrected chi connectivity index (χ1v) is 8.73. The number of carboxylic acid groups (broad SMARTS) is 1. The maximum absolute atomic E-state index is 11.1. The zero-order valence-electron chi connectivity index (χ0n) is 14.0. The first-order valence-electron chi connectivity index (χ1n) is 8.73. The molecule has 2 aromatic rings. The van der Waals surface area contributed by atoms with Crippen LogP contribution in [0.4, 0.5) is 4.79 Å². The molecule has 0 aromatic heterocycles. The summed E-state index contributed by atoms with van der Waals surface area (Å²) in [6.07, 6.45) is 3.99. The highest BCUT2D eigenvalue weighted by atomic mass is 16.5. The van der Waals surface area contributed by atoms with E-state index in [0.29, 0.717) is 13.1 Å². The Morgan fingerprint density at radius 3 is 2.64 bits per heavy atom. The number of fused-ring (bicyclic) bond motifs is 1. The molecular formula is C21H21NO3. The minimum Gasteiger partial charge on any atom is -0.485 e. The van der Waals surface area contributed by atoms with E-state index in [2.05, 4.69) is 18.2 Å². The third-order valence-electron chi connectivity index (χ3n) is 5.06. The van der Waals surface area contributed by atoms with Crippen LogP contribution in [-0.4, -0.2) is 29.2 Å². The maximum Gasteiger partial charge on any atom is 0.407 e. The highest BCUT2D eigenvalue weighted by molar-refractivity contribution is 5.74. The molecule has 0 fully saturated rings. The van der Waals surface area contributed by atoms with E-state index in [4.69, 9.17) is 9.84 Å². The summed E-state index contributed by atoms with van der Waals surface area (Å²) in [5.41, 5.74) is 4.92. The van der Waals surface area contributed by atoms with Gasteiger partial charge in [0.05, 0.1) is 0 Å². The molecule has 4 nitrogen and oxygen atoms in total. The van der Waals surface area contributed by atoms with Gasteiger partial charge in [0.1, 0.15) is 11.9 Å². The molecule has 128 valence electrons. The largest absolute Gasteiger partial charge is 0.485 e. The van der Waals surface area contributed by atoms with Crippen LogP contribution in [0.1, 0.15) is 35.6 Å². The van der Waals surface area contributed by atoms with Gasteiger partial charge in [0, 0.05) is 18.7 Å². The van der Waals surface area contributed by atoms with Crippen molar-refractivity contribution < 1.29 is 14.6 Å². The molecule has 0 spiro atoms. The molecule has 1 atom stereocenters. The van der Waals surface area contributed by atoms with Gasteiger partial charge in [-0.2, -0.15) is 0 Å². The summed E-state index contributed by atoms with van der Waals surface area (Å²) in [4.78, 5) is 12.5. The monoisotopic (exact) mass is 335 g/mol. The number of benzene rings is 2. The van der Waals surface area contributed by atoms with E-state index >= 15 is 0 Å². The average molecular weight is 335 g/mol. The van der Waals surface area contributed by atoms with E-state index in [0.717, 1.165) is 25.0 Å². The van der Waals surface area contributed by atoms with Gasteiger partial charge >= 0.3 is 6.09 Å². The zero-order valence-corrected chi connectivity index (χ0v) is 14.0. The molecule has 1 unspecified atom stereocenters. The molecule has 2 heterocycles. The summed E-state index contributed by atoms with van der Waals surface area (Å²) >= 11 is 0. The first kappa shape index (κ1) is 15.8. The molecule has 0 aliphatic carbocycles. The van der Waals surface area contributed by atoms with Crippen molar-refractivity contribution in [3.8, 4) is 5.75 Å². The highest BCUT2D eigenvalue weighted by Crippen LogP contribution is 2.39. The van der Waals surface area contributed by atoms with Gasteiger partial charge in [0.2, 0.25) is 0 Å². The molecule has 2 aliphatic heterocycles. The van der Waals surface area contributed by atoms with E-state index in [1.54, 1.807) is 0 Å². The van der Waals surface area contributed by atoms with E-state index in [9.17, 15) is 4.79 Å². The Kier molecular flexibility index (Phi) is 4.18. The Hall–Kier alpha value is -2.75. The smallest absolute Gasteiger partial charge is 0.407 e. The van der Waals surface area contributed by atoms with Gasteiger partial charge < -0.3 is 14.7 Å². The van der Waals surface area contributed by atoms with Crippen molar-refractivity contribution in [2.45, 2.75) is 25.4 Å². The second-order valence-electron chi connectivity index (χ2n) is 6.55. The lowest BCUT2D eigenvalue weighted by atomic mass is 9.89. The second-order valence-corrected chi connectivity index (χ2v) is 6.55. The number of nitrogens with zero attached hydrogens (tertiary/aromatic N) is 1. The van der Waals surface area contributed by atoms with E-state index < -0.39 is 6.09 Å². The lowest BCUT2D eigenvalue weighted by Crippen LogP contribution is -2.33. The predicted molar refractivity (Wildman–Crippen MR) is 96.8 cm³/mol. The number of hydrogen-bond donors (Lipinski definition) is 1. The van der Waals surface area contributed by atoms with Crippen molar-refractivity contribution >= 4 is 11.7 Å². The molecule has 4 heteroatoms. The van der Waals surface area contributed by atoms with Crippen LogP contribution in [0.3, 0.4) is 0 Å². The number of ether oxygens (including phenoxy) is 1. The van der Waals surface area contributed by atoms with Crippen molar-refractivity contribution in [1.82, 2.24) is 4.90 Å². The number of carbonyl (C=O) groups is 1. The lowest BCUT2D eigenvalue weighted by molar-refractivity contribution is 0.150. The van der Waals surface area contributed by atoms with Gasteiger partial charge in [-0.15, -0.1) is 0 Å². The van der Waals surface area contributed by atoms with Crippen LogP contribution in [0.5, 0.6) is 5.75 Å². The van der Waals surface area contributed by atoms with Gasteiger partial charge in [-0.05, 0) is 42.0 Å². The van der Waals surface area contributed by atoms with Crippen molar-refractivity contribution in [1.29, 1.82) is 0 Å². The van der Waals surface area contributed by atoms with Gasteiger partial charge in [-0.3, -0.25) is 0 Å². The van der Waals surface area contributed by atoms with Gasteiger partial charge in [-0.1, -0.05) is 48.5 Å². The number of amides is 1. The van der Waals surface area contributed by atoms with E-state index in [1.807, 2.05) is 36.4 Å². The molecular weight excluding hydrogens is 314 g/mol.